The molecule has 4 aromatic heterocycles. The van der Waals surface area contributed by atoms with Crippen molar-refractivity contribution in [2.75, 3.05) is 5.75 Å². The van der Waals surface area contributed by atoms with Gasteiger partial charge in [0.2, 0.25) is 0 Å². The number of aromatic nitrogens is 6. The number of aryl methyl sites for hydroxylation is 1. The molecule has 4 heterocycles. The zero-order valence-electron chi connectivity index (χ0n) is 15.6. The molecule has 0 fully saturated rings. The van der Waals surface area contributed by atoms with Crippen LogP contribution >= 0.6 is 0 Å². The van der Waals surface area contributed by atoms with Crippen LogP contribution in [0.1, 0.15) is 23.1 Å². The topological polar surface area (TPSA) is 121 Å². The average Bonchev–Trinajstić information content (AvgIpc) is 3.23. The highest BCUT2D eigenvalue weighted by atomic mass is 32.2. The largest absolute Gasteiger partial charge is 0.433 e. The van der Waals surface area contributed by atoms with E-state index in [0.717, 1.165) is 12.3 Å². The van der Waals surface area contributed by atoms with Crippen molar-refractivity contribution in [3.8, 4) is 11.4 Å². The second-order valence-electron chi connectivity index (χ2n) is 6.29. The number of imidazole rings is 1. The van der Waals surface area contributed by atoms with Crippen LogP contribution in [0.25, 0.3) is 28.1 Å². The van der Waals surface area contributed by atoms with E-state index in [1.54, 1.807) is 14.0 Å². The lowest BCUT2D eigenvalue weighted by molar-refractivity contribution is -0.141. The van der Waals surface area contributed by atoms with Crippen molar-refractivity contribution in [1.82, 2.24) is 29.1 Å². The summed E-state index contributed by atoms with van der Waals surface area (Å²) in [6, 6.07) is 2.20. The lowest BCUT2D eigenvalue weighted by Crippen LogP contribution is -2.16. The predicted molar refractivity (Wildman–Crippen MR) is 101 cm³/mol. The molecule has 0 aliphatic carbocycles. The summed E-state index contributed by atoms with van der Waals surface area (Å²) in [5.74, 6) is -0.367. The lowest BCUT2D eigenvalue weighted by Gasteiger charge is -2.05. The first-order valence-corrected chi connectivity index (χ1v) is 9.91. The van der Waals surface area contributed by atoms with Gasteiger partial charge in [-0.15, -0.1) is 0 Å². The number of pyridine rings is 1. The number of carbonyl (C=O) groups excluding carboxylic acids is 1. The molecule has 0 saturated carbocycles. The van der Waals surface area contributed by atoms with Crippen LogP contribution in [0, 0.1) is 0 Å². The van der Waals surface area contributed by atoms with Crippen molar-refractivity contribution in [2.24, 2.45) is 12.8 Å². The van der Waals surface area contributed by atoms with E-state index in [1.165, 1.54) is 21.3 Å². The number of hydrogen-bond donors (Lipinski definition) is 1. The molecule has 1 unspecified atom stereocenters. The number of fused-ring (bicyclic) bond motifs is 2. The minimum atomic E-state index is -4.62. The van der Waals surface area contributed by atoms with E-state index >= 15 is 0 Å². The summed E-state index contributed by atoms with van der Waals surface area (Å²) in [5, 5.41) is 4.35. The van der Waals surface area contributed by atoms with Crippen LogP contribution < -0.4 is 5.73 Å². The van der Waals surface area contributed by atoms with E-state index in [0.29, 0.717) is 5.52 Å². The predicted octanol–water partition coefficient (Wildman–Crippen LogP) is 1.92. The van der Waals surface area contributed by atoms with Gasteiger partial charge in [-0.2, -0.15) is 18.3 Å². The summed E-state index contributed by atoms with van der Waals surface area (Å²) < 4.78 is 54.4. The zero-order chi connectivity index (χ0) is 21.8. The number of nitrogens with zero attached hydrogens (tertiary/aromatic N) is 6. The van der Waals surface area contributed by atoms with Crippen molar-refractivity contribution in [3.63, 3.8) is 0 Å². The maximum atomic E-state index is 13.0. The Morgan fingerprint density at radius 2 is 2.03 bits per heavy atom. The Hall–Kier alpha value is -3.35. The van der Waals surface area contributed by atoms with E-state index in [4.69, 9.17) is 5.73 Å². The standard InChI is InChI=1S/C17H14F3N7O2S/c1-3-30(29)16-12(14-22-5-4-9(13(21)28)27(14)25-16)15-24-8-6-11(17(18,19)20)23-7-10(8)26(15)2/h4-7H,3H2,1-2H3,(H2,21,28). The van der Waals surface area contributed by atoms with Crippen molar-refractivity contribution < 1.29 is 22.2 Å². The molecule has 0 aliphatic heterocycles. The normalized spacial score (nSPS) is 13.2. The minimum Gasteiger partial charge on any atom is -0.364 e. The van der Waals surface area contributed by atoms with Gasteiger partial charge >= 0.3 is 6.18 Å². The molecule has 156 valence electrons. The third-order valence-electron chi connectivity index (χ3n) is 4.50. The lowest BCUT2D eigenvalue weighted by atomic mass is 10.3. The summed E-state index contributed by atoms with van der Waals surface area (Å²) in [6.07, 6.45) is -2.21. The van der Waals surface area contributed by atoms with E-state index in [-0.39, 0.29) is 39.0 Å². The van der Waals surface area contributed by atoms with Gasteiger partial charge in [-0.05, 0) is 12.1 Å². The molecule has 0 spiro atoms. The Bertz CT molecular complexity index is 1340. The fourth-order valence-electron chi connectivity index (χ4n) is 3.07. The van der Waals surface area contributed by atoms with E-state index in [1.807, 2.05) is 0 Å². The van der Waals surface area contributed by atoms with Gasteiger partial charge in [0.05, 0.1) is 33.6 Å². The third kappa shape index (κ3) is 3.01. The van der Waals surface area contributed by atoms with Crippen LogP contribution in [0.15, 0.2) is 29.6 Å². The van der Waals surface area contributed by atoms with Crippen LogP contribution in [0.3, 0.4) is 0 Å². The molecule has 0 aliphatic rings. The Labute approximate surface area is 169 Å². The molecule has 0 saturated heterocycles. The molecule has 4 rings (SSSR count). The number of primary amides is 1. The van der Waals surface area contributed by atoms with Crippen molar-refractivity contribution in [3.05, 3.63) is 35.9 Å². The average molecular weight is 437 g/mol. The smallest absolute Gasteiger partial charge is 0.364 e. The summed E-state index contributed by atoms with van der Waals surface area (Å²) >= 11 is 0. The molecule has 0 radical (unpaired) electrons. The van der Waals surface area contributed by atoms with Gasteiger partial charge in [-0.25, -0.2) is 19.5 Å². The molecular weight excluding hydrogens is 423 g/mol. The fraction of sp³-hybridized carbons (Fsp3) is 0.235. The van der Waals surface area contributed by atoms with Gasteiger partial charge in [-0.3, -0.25) is 9.00 Å². The number of alkyl halides is 3. The Balaban J connectivity index is 2.06. The van der Waals surface area contributed by atoms with E-state index in [2.05, 4.69) is 20.1 Å². The summed E-state index contributed by atoms with van der Waals surface area (Å²) in [4.78, 5) is 23.8. The number of carbonyl (C=O) groups is 1. The van der Waals surface area contributed by atoms with E-state index < -0.39 is 28.6 Å². The second kappa shape index (κ2) is 6.86. The molecule has 1 amide bonds. The van der Waals surface area contributed by atoms with Gasteiger partial charge in [0, 0.05) is 19.0 Å². The minimum absolute atomic E-state index is 0.0143. The third-order valence-corrected chi connectivity index (χ3v) is 5.74. The van der Waals surface area contributed by atoms with Gasteiger partial charge in [0.1, 0.15) is 17.2 Å². The molecule has 9 nitrogen and oxygen atoms in total. The number of hydrogen-bond acceptors (Lipinski definition) is 6. The van der Waals surface area contributed by atoms with Crippen molar-refractivity contribution in [1.29, 1.82) is 0 Å². The summed E-state index contributed by atoms with van der Waals surface area (Å²) in [7, 11) is 0.00504. The molecule has 1 atom stereocenters. The Morgan fingerprint density at radius 3 is 2.67 bits per heavy atom. The Kier molecular flexibility index (Phi) is 4.56. The number of nitrogens with two attached hydrogens (primary N) is 1. The molecule has 2 N–H and O–H groups in total. The van der Waals surface area contributed by atoms with Gasteiger partial charge in [0.25, 0.3) is 5.91 Å². The highest BCUT2D eigenvalue weighted by Gasteiger charge is 2.33. The summed E-state index contributed by atoms with van der Waals surface area (Å²) in [5.41, 5.74) is 5.11. The van der Waals surface area contributed by atoms with Crippen molar-refractivity contribution in [2.45, 2.75) is 18.1 Å². The quantitative estimate of drug-likeness (QED) is 0.521. The second-order valence-corrected chi connectivity index (χ2v) is 7.95. The van der Waals surface area contributed by atoms with Crippen LogP contribution in [0.4, 0.5) is 13.2 Å². The van der Waals surface area contributed by atoms with Crippen LogP contribution in [-0.4, -0.2) is 45.0 Å². The fourth-order valence-corrected chi connectivity index (χ4v) is 3.93. The number of halogens is 3. The Morgan fingerprint density at radius 1 is 1.30 bits per heavy atom. The maximum absolute atomic E-state index is 13.0. The number of rotatable bonds is 4. The van der Waals surface area contributed by atoms with Crippen LogP contribution in [-0.2, 0) is 24.0 Å². The first-order valence-electron chi connectivity index (χ1n) is 8.59. The highest BCUT2D eigenvalue weighted by Crippen LogP contribution is 2.34. The van der Waals surface area contributed by atoms with Gasteiger partial charge in [0.15, 0.2) is 10.7 Å². The monoisotopic (exact) mass is 437 g/mol. The summed E-state index contributed by atoms with van der Waals surface area (Å²) in [6.45, 7) is 1.68. The van der Waals surface area contributed by atoms with Gasteiger partial charge < -0.3 is 10.3 Å². The van der Waals surface area contributed by atoms with Gasteiger partial charge in [-0.1, -0.05) is 6.92 Å². The molecule has 4 aromatic rings. The van der Waals surface area contributed by atoms with Crippen LogP contribution in [0.5, 0.6) is 0 Å². The molecule has 0 bridgehead atoms. The SMILES string of the molecule is CCS(=O)c1nn2c(C(N)=O)ccnc2c1-c1nc2cc(C(F)(F)F)ncc2n1C. The zero-order valence-corrected chi connectivity index (χ0v) is 16.5. The number of amides is 1. The van der Waals surface area contributed by atoms with E-state index in [9.17, 15) is 22.2 Å². The van der Waals surface area contributed by atoms with Crippen LogP contribution in [0.2, 0.25) is 0 Å². The molecule has 13 heteroatoms. The molecular formula is C17H14F3N7O2S. The van der Waals surface area contributed by atoms with Crippen molar-refractivity contribution >= 4 is 33.4 Å². The molecule has 0 aromatic carbocycles. The maximum Gasteiger partial charge on any atom is 0.433 e. The first-order chi connectivity index (χ1) is 14.1. The highest BCUT2D eigenvalue weighted by molar-refractivity contribution is 7.85. The first kappa shape index (κ1) is 19.9. The molecule has 30 heavy (non-hydrogen) atoms.